The lowest BCUT2D eigenvalue weighted by Gasteiger charge is -2.10. The Bertz CT molecular complexity index is 619. The number of aromatic nitrogens is 2. The molecule has 0 aliphatic heterocycles. The molecule has 1 unspecified atom stereocenters. The highest BCUT2D eigenvalue weighted by Gasteiger charge is 2.20. The van der Waals surface area contributed by atoms with Crippen molar-refractivity contribution in [3.8, 4) is 5.75 Å². The average molecular weight is 351 g/mol. The van der Waals surface area contributed by atoms with E-state index in [1.165, 1.54) is 19.2 Å². The molecule has 130 valence electrons. The Balaban J connectivity index is 0.000000249. The first-order valence-electron chi connectivity index (χ1n) is 7.86. The van der Waals surface area contributed by atoms with Gasteiger partial charge in [-0.1, -0.05) is 25.0 Å². The molecule has 1 atom stereocenters. The third kappa shape index (κ3) is 6.33. The zero-order valence-electron chi connectivity index (χ0n) is 13.7. The first-order valence-corrected chi connectivity index (χ1v) is 9.08. The Morgan fingerprint density at radius 2 is 1.83 bits per heavy atom. The van der Waals surface area contributed by atoms with Gasteiger partial charge in [-0.05, 0) is 30.5 Å². The summed E-state index contributed by atoms with van der Waals surface area (Å²) in [5.74, 6) is 0.452. The van der Waals surface area contributed by atoms with Crippen molar-refractivity contribution in [1.82, 2.24) is 14.7 Å². The summed E-state index contributed by atoms with van der Waals surface area (Å²) in [4.78, 5) is 6.80. The first kappa shape index (κ1) is 18.5. The molecule has 1 aromatic heterocycles. The van der Waals surface area contributed by atoms with Gasteiger partial charge in [0.25, 0.3) is 0 Å². The highest BCUT2D eigenvalue weighted by molar-refractivity contribution is 7.83. The molecule has 0 spiro atoms. The summed E-state index contributed by atoms with van der Waals surface area (Å²) in [5.41, 5.74) is 1.14. The maximum Gasteiger partial charge on any atom is 0.159 e. The van der Waals surface area contributed by atoms with Gasteiger partial charge in [0.15, 0.2) is 5.82 Å². The summed E-state index contributed by atoms with van der Waals surface area (Å²) in [5, 5.41) is 0.355. The molecule has 7 heteroatoms. The van der Waals surface area contributed by atoms with Crippen LogP contribution in [0.25, 0.3) is 0 Å². The van der Waals surface area contributed by atoms with Gasteiger partial charge in [0, 0.05) is 11.8 Å². The molecule has 5 nitrogen and oxygen atoms in total. The Kier molecular flexibility index (Phi) is 7.77. The summed E-state index contributed by atoms with van der Waals surface area (Å²) >= 11 is 0. The first-order chi connectivity index (χ1) is 11.7. The number of nitrogens with zero attached hydrogens (tertiary/aromatic N) is 2. The Morgan fingerprint density at radius 1 is 1.21 bits per heavy atom. The summed E-state index contributed by atoms with van der Waals surface area (Å²) in [6, 6.07) is 7.85. The van der Waals surface area contributed by atoms with Gasteiger partial charge in [-0.3, -0.25) is 0 Å². The van der Waals surface area contributed by atoms with Crippen molar-refractivity contribution in [3.63, 3.8) is 0 Å². The van der Waals surface area contributed by atoms with Gasteiger partial charge in [-0.15, -0.1) is 0 Å². The van der Waals surface area contributed by atoms with Crippen LogP contribution in [0.2, 0.25) is 0 Å². The highest BCUT2D eigenvalue weighted by Crippen LogP contribution is 2.22. The van der Waals surface area contributed by atoms with Gasteiger partial charge in [0.05, 0.1) is 30.5 Å². The molecule has 0 amide bonds. The number of methoxy groups -OCH3 is 1. The smallest absolute Gasteiger partial charge is 0.159 e. The fraction of sp³-hybridized carbons (Fsp3) is 0.412. The molecule has 1 aliphatic carbocycles. The minimum absolute atomic E-state index is 0.355. The number of nitrogens with one attached hydrogen (secondary N) is 1. The van der Waals surface area contributed by atoms with Crippen molar-refractivity contribution >= 4 is 11.0 Å². The van der Waals surface area contributed by atoms with E-state index in [0.29, 0.717) is 11.8 Å². The molecule has 2 aromatic rings. The van der Waals surface area contributed by atoms with Crippen molar-refractivity contribution in [1.29, 1.82) is 0 Å². The van der Waals surface area contributed by atoms with Gasteiger partial charge < -0.3 is 4.74 Å². The van der Waals surface area contributed by atoms with Crippen LogP contribution in [0.15, 0.2) is 43.0 Å². The van der Waals surface area contributed by atoms with Gasteiger partial charge in [-0.25, -0.2) is 23.3 Å². The summed E-state index contributed by atoms with van der Waals surface area (Å²) in [6.45, 7) is 0.660. The van der Waals surface area contributed by atoms with E-state index in [9.17, 15) is 8.60 Å². The van der Waals surface area contributed by atoms with Gasteiger partial charge in [-0.2, -0.15) is 0 Å². The molecule has 1 heterocycles. The largest absolute Gasteiger partial charge is 0.497 e. The number of hydrogen-bond acceptors (Lipinski definition) is 4. The lowest BCUT2D eigenvalue weighted by Crippen LogP contribution is -2.25. The fourth-order valence-electron chi connectivity index (χ4n) is 2.40. The van der Waals surface area contributed by atoms with E-state index in [-0.39, 0.29) is 0 Å². The molecular weight excluding hydrogens is 329 g/mol. The third-order valence-electron chi connectivity index (χ3n) is 3.71. The van der Waals surface area contributed by atoms with E-state index in [1.54, 1.807) is 7.11 Å². The molecule has 1 N–H and O–H groups in total. The second-order valence-corrected chi connectivity index (χ2v) is 6.98. The summed E-state index contributed by atoms with van der Waals surface area (Å²) in [6.07, 6.45) is 8.13. The van der Waals surface area contributed by atoms with E-state index in [4.69, 9.17) is 4.74 Å². The molecule has 0 radical (unpaired) electrons. The van der Waals surface area contributed by atoms with Crippen LogP contribution in [0.1, 0.15) is 31.2 Å². The topological polar surface area (TPSA) is 64.1 Å². The van der Waals surface area contributed by atoms with Gasteiger partial charge in [0.1, 0.15) is 12.1 Å². The molecule has 3 rings (SSSR count). The van der Waals surface area contributed by atoms with Crippen molar-refractivity contribution in [2.45, 2.75) is 37.5 Å². The van der Waals surface area contributed by atoms with Crippen molar-refractivity contribution in [3.05, 3.63) is 54.4 Å². The molecular formula is C17H22FN3O2S. The van der Waals surface area contributed by atoms with Crippen LogP contribution >= 0.6 is 0 Å². The number of hydrogen-bond donors (Lipinski definition) is 1. The van der Waals surface area contributed by atoms with Crippen LogP contribution in [0.3, 0.4) is 0 Å². The monoisotopic (exact) mass is 351 g/mol. The highest BCUT2D eigenvalue weighted by atomic mass is 32.2. The third-order valence-corrected chi connectivity index (χ3v) is 5.22. The molecule has 1 aliphatic rings. The number of rotatable bonds is 5. The van der Waals surface area contributed by atoms with E-state index in [0.717, 1.165) is 36.5 Å². The SMILES string of the molecule is COc1ccc(CNS(=O)C2CCCC2)cc1.Fc1cncnc1. The van der Waals surface area contributed by atoms with Gasteiger partial charge >= 0.3 is 0 Å². The van der Waals surface area contributed by atoms with Crippen LogP contribution in [-0.4, -0.2) is 26.5 Å². The van der Waals surface area contributed by atoms with Crippen LogP contribution in [0.5, 0.6) is 5.75 Å². The molecule has 0 saturated heterocycles. The minimum atomic E-state index is -0.884. The molecule has 0 bridgehead atoms. The van der Waals surface area contributed by atoms with Crippen LogP contribution in [-0.2, 0) is 17.5 Å². The minimum Gasteiger partial charge on any atom is -0.497 e. The average Bonchev–Trinajstić information content (AvgIpc) is 3.16. The molecule has 1 saturated carbocycles. The van der Waals surface area contributed by atoms with Crippen molar-refractivity contribution in [2.24, 2.45) is 0 Å². The fourth-order valence-corrected chi connectivity index (χ4v) is 3.71. The quantitative estimate of drug-likeness (QED) is 0.899. The summed E-state index contributed by atoms with van der Waals surface area (Å²) < 4.78 is 31.9. The number of halogens is 1. The normalized spacial score (nSPS) is 15.4. The van der Waals surface area contributed by atoms with E-state index >= 15 is 0 Å². The predicted octanol–water partition coefficient (Wildman–Crippen LogP) is 3.01. The molecule has 1 fully saturated rings. The second-order valence-electron chi connectivity index (χ2n) is 5.43. The maximum atomic E-state index is 11.9. The lowest BCUT2D eigenvalue weighted by atomic mass is 10.2. The lowest BCUT2D eigenvalue weighted by molar-refractivity contribution is 0.414. The van der Waals surface area contributed by atoms with E-state index in [1.807, 2.05) is 24.3 Å². The van der Waals surface area contributed by atoms with E-state index in [2.05, 4.69) is 14.7 Å². The Morgan fingerprint density at radius 3 is 2.33 bits per heavy atom. The summed E-state index contributed by atoms with van der Waals surface area (Å²) in [7, 11) is 0.771. The number of ether oxygens (including phenoxy) is 1. The Hall–Kier alpha value is -1.86. The molecule has 24 heavy (non-hydrogen) atoms. The zero-order valence-corrected chi connectivity index (χ0v) is 14.5. The standard InChI is InChI=1S/C13H19NO2S.C4H3FN2/c1-16-12-8-6-11(7-9-12)10-14-17(15)13-4-2-3-5-13;5-4-1-6-3-7-2-4/h6-9,13-14H,2-5,10H2,1H3;1-3H. The van der Waals surface area contributed by atoms with Crippen LogP contribution in [0.4, 0.5) is 4.39 Å². The maximum absolute atomic E-state index is 11.9. The Labute approximate surface area is 144 Å². The number of benzene rings is 1. The predicted molar refractivity (Wildman–Crippen MR) is 92.2 cm³/mol. The van der Waals surface area contributed by atoms with Crippen LogP contribution < -0.4 is 9.46 Å². The van der Waals surface area contributed by atoms with Gasteiger partial charge in [0.2, 0.25) is 0 Å². The van der Waals surface area contributed by atoms with Crippen LogP contribution in [0, 0.1) is 5.82 Å². The zero-order chi connectivity index (χ0) is 17.2. The molecule has 1 aromatic carbocycles. The van der Waals surface area contributed by atoms with E-state index < -0.39 is 16.8 Å². The second kappa shape index (κ2) is 10.1. The van der Waals surface area contributed by atoms with Crippen molar-refractivity contribution < 1.29 is 13.3 Å². The van der Waals surface area contributed by atoms with Crippen molar-refractivity contribution in [2.75, 3.05) is 7.11 Å².